The van der Waals surface area contributed by atoms with Crippen molar-refractivity contribution in [3.05, 3.63) is 0 Å². The largest absolute Gasteiger partial charge is 0.313 e. The summed E-state index contributed by atoms with van der Waals surface area (Å²) < 4.78 is 0. The van der Waals surface area contributed by atoms with Crippen molar-refractivity contribution in [2.24, 2.45) is 0 Å². The number of hydrogen-bond acceptors (Lipinski definition) is 2. The zero-order valence-electron chi connectivity index (χ0n) is 5.68. The van der Waals surface area contributed by atoms with E-state index in [1.807, 2.05) is 0 Å². The summed E-state index contributed by atoms with van der Waals surface area (Å²) >= 11 is 0. The predicted molar refractivity (Wildman–Crippen MR) is 44.2 cm³/mol. The molecule has 0 bridgehead atoms. The first kappa shape index (κ1) is 16.2. The van der Waals surface area contributed by atoms with Crippen LogP contribution in [0.5, 0.6) is 0 Å². The van der Waals surface area contributed by atoms with Crippen LogP contribution in [0.3, 0.4) is 0 Å². The van der Waals surface area contributed by atoms with Crippen LogP contribution in [0.4, 0.5) is 0 Å². The lowest BCUT2D eigenvalue weighted by atomic mass is 10.0. The Morgan fingerprint density at radius 2 is 1.40 bits per heavy atom. The van der Waals surface area contributed by atoms with Crippen molar-refractivity contribution in [3.8, 4) is 0 Å². The average Bonchev–Trinajstić information content (AvgIpc) is 1.65. The van der Waals surface area contributed by atoms with Crippen molar-refractivity contribution in [3.63, 3.8) is 0 Å². The third-order valence-electron chi connectivity index (χ3n) is 0.348. The Bertz CT molecular complexity index is 97.9. The Morgan fingerprint density at radius 3 is 1.40 bits per heavy atom. The van der Waals surface area contributed by atoms with E-state index in [4.69, 9.17) is 0 Å². The lowest BCUT2D eigenvalue weighted by Gasteiger charge is -1.72. The van der Waals surface area contributed by atoms with Gasteiger partial charge < -0.3 is 9.59 Å². The Hall–Kier alpha value is -0.530. The molecule has 0 aromatic heterocycles. The Labute approximate surface area is 65.2 Å². The molecule has 0 heterocycles. The van der Waals surface area contributed by atoms with E-state index in [-0.39, 0.29) is 18.8 Å². The molecule has 0 aromatic rings. The van der Waals surface area contributed by atoms with Crippen molar-refractivity contribution >= 4 is 27.1 Å². The van der Waals surface area contributed by atoms with E-state index < -0.39 is 0 Å². The second-order valence-corrected chi connectivity index (χ2v) is 1.43. The predicted octanol–water partition coefficient (Wildman–Crippen LogP) is 0.429. The standard InChI is InChI=1S/C3H5BO.C2H3BO.CH4/c1-2-3(4)5;1-2(3)4;/h2H2,1H3;1H3;1H4. The molecule has 2 nitrogen and oxygen atoms in total. The van der Waals surface area contributed by atoms with E-state index in [2.05, 4.69) is 15.7 Å². The van der Waals surface area contributed by atoms with Gasteiger partial charge in [-0.05, 0) is 13.3 Å². The lowest BCUT2D eigenvalue weighted by molar-refractivity contribution is -0.111. The smallest absolute Gasteiger partial charge is 0.167 e. The van der Waals surface area contributed by atoms with E-state index in [9.17, 15) is 9.59 Å². The van der Waals surface area contributed by atoms with Gasteiger partial charge in [-0.25, -0.2) is 0 Å². The van der Waals surface area contributed by atoms with Crippen molar-refractivity contribution in [2.45, 2.75) is 27.7 Å². The molecule has 4 heteroatoms. The molecule has 0 saturated heterocycles. The van der Waals surface area contributed by atoms with Crippen molar-refractivity contribution in [2.75, 3.05) is 0 Å². The van der Waals surface area contributed by atoms with E-state index >= 15 is 0 Å². The van der Waals surface area contributed by atoms with Crippen LogP contribution in [0.15, 0.2) is 0 Å². The number of hydrogen-bond donors (Lipinski definition) is 0. The van der Waals surface area contributed by atoms with Gasteiger partial charge in [0.2, 0.25) is 0 Å². The summed E-state index contributed by atoms with van der Waals surface area (Å²) in [4.78, 5) is 18.8. The molecule has 0 rings (SSSR count). The summed E-state index contributed by atoms with van der Waals surface area (Å²) in [5, 5.41) is 0. The fourth-order valence-electron chi connectivity index (χ4n) is 0. The molecule has 10 heavy (non-hydrogen) atoms. The molecular formula is C6H12B2O2. The van der Waals surface area contributed by atoms with Gasteiger partial charge in [-0.3, -0.25) is 0 Å². The first-order valence-corrected chi connectivity index (χ1v) is 2.55. The van der Waals surface area contributed by atoms with Gasteiger partial charge in [0, 0.05) is 0 Å². The fourth-order valence-corrected chi connectivity index (χ4v) is 0. The van der Waals surface area contributed by atoms with Crippen LogP contribution < -0.4 is 0 Å². The van der Waals surface area contributed by atoms with Crippen molar-refractivity contribution in [1.82, 2.24) is 0 Å². The normalized spacial score (nSPS) is 6.20. The maximum atomic E-state index is 9.59. The van der Waals surface area contributed by atoms with Crippen LogP contribution in [-0.2, 0) is 9.59 Å². The highest BCUT2D eigenvalue weighted by atomic mass is 16.1. The molecule has 0 aliphatic carbocycles. The SMILES string of the molecule is C.[B]C(=O)CC.[B]C(C)=O. The second kappa shape index (κ2) is 11.3. The molecular weight excluding hydrogens is 126 g/mol. The van der Waals surface area contributed by atoms with Gasteiger partial charge in [-0.1, -0.05) is 14.4 Å². The molecule has 4 radical (unpaired) electrons. The highest BCUT2D eigenvalue weighted by Gasteiger charge is 1.76. The van der Waals surface area contributed by atoms with Gasteiger partial charge in [-0.2, -0.15) is 0 Å². The van der Waals surface area contributed by atoms with E-state index in [1.54, 1.807) is 6.92 Å². The van der Waals surface area contributed by atoms with Crippen LogP contribution in [0, 0.1) is 0 Å². The average molecular weight is 138 g/mol. The van der Waals surface area contributed by atoms with Crippen LogP contribution in [0.2, 0.25) is 0 Å². The zero-order valence-corrected chi connectivity index (χ0v) is 5.68. The quantitative estimate of drug-likeness (QED) is 0.492. The Balaban J connectivity index is -0.0000000910. The van der Waals surface area contributed by atoms with Gasteiger partial charge >= 0.3 is 0 Å². The molecule has 0 amide bonds. The Morgan fingerprint density at radius 1 is 1.30 bits per heavy atom. The van der Waals surface area contributed by atoms with E-state index in [1.165, 1.54) is 6.92 Å². The van der Waals surface area contributed by atoms with E-state index in [0.717, 1.165) is 0 Å². The minimum absolute atomic E-state index is 0. The van der Waals surface area contributed by atoms with Crippen LogP contribution in [0.1, 0.15) is 27.7 Å². The maximum Gasteiger partial charge on any atom is 0.167 e. The zero-order chi connectivity index (χ0) is 7.86. The molecule has 0 aliphatic heterocycles. The summed E-state index contributed by atoms with van der Waals surface area (Å²) in [7, 11) is 9.12. The topological polar surface area (TPSA) is 34.1 Å². The number of carbonyl (C=O) groups is 2. The molecule has 0 fully saturated rings. The van der Waals surface area contributed by atoms with E-state index in [0.29, 0.717) is 6.42 Å². The first-order chi connectivity index (χ1) is 4.00. The van der Waals surface area contributed by atoms with Gasteiger partial charge in [0.1, 0.15) is 0 Å². The molecule has 0 unspecified atom stereocenters. The minimum Gasteiger partial charge on any atom is -0.313 e. The Kier molecular flexibility index (Phi) is 18.3. The van der Waals surface area contributed by atoms with Crippen molar-refractivity contribution in [1.29, 1.82) is 0 Å². The molecule has 54 valence electrons. The van der Waals surface area contributed by atoms with Crippen LogP contribution in [0.25, 0.3) is 0 Å². The summed E-state index contributed by atoms with van der Waals surface area (Å²) in [5.41, 5.74) is -0.579. The molecule has 0 aromatic carbocycles. The molecule has 0 saturated carbocycles. The van der Waals surface area contributed by atoms with Gasteiger partial charge in [0.05, 0.1) is 11.4 Å². The monoisotopic (exact) mass is 138 g/mol. The van der Waals surface area contributed by atoms with Crippen LogP contribution >= 0.6 is 0 Å². The molecule has 0 aliphatic rings. The van der Waals surface area contributed by atoms with Crippen molar-refractivity contribution < 1.29 is 9.59 Å². The summed E-state index contributed by atoms with van der Waals surface area (Å²) in [6.45, 7) is 3.03. The minimum atomic E-state index is -0.333. The summed E-state index contributed by atoms with van der Waals surface area (Å²) in [5.74, 6) is 0. The molecule has 0 N–H and O–H groups in total. The summed E-state index contributed by atoms with van der Waals surface area (Å²) in [6.07, 6.45) is 0.444. The number of rotatable bonds is 1. The fraction of sp³-hybridized carbons (Fsp3) is 0.667. The highest BCUT2D eigenvalue weighted by Crippen LogP contribution is 1.66. The third kappa shape index (κ3) is 145. The highest BCUT2D eigenvalue weighted by molar-refractivity contribution is 6.57. The van der Waals surface area contributed by atoms with Gasteiger partial charge in [0.25, 0.3) is 0 Å². The van der Waals surface area contributed by atoms with Crippen LogP contribution in [-0.4, -0.2) is 27.1 Å². The lowest BCUT2D eigenvalue weighted by Crippen LogP contribution is -1.88. The summed E-state index contributed by atoms with van der Waals surface area (Å²) in [6, 6.07) is 0. The van der Waals surface area contributed by atoms with Gasteiger partial charge in [-0.15, -0.1) is 0 Å². The van der Waals surface area contributed by atoms with Gasteiger partial charge in [0.15, 0.2) is 15.7 Å². The molecule has 0 atom stereocenters. The number of carbonyl (C=O) groups excluding carboxylic acids is 2. The second-order valence-electron chi connectivity index (χ2n) is 1.43. The third-order valence-corrected chi connectivity index (χ3v) is 0.348. The maximum absolute atomic E-state index is 9.59. The first-order valence-electron chi connectivity index (χ1n) is 2.55. The molecule has 0 spiro atoms.